The lowest BCUT2D eigenvalue weighted by atomic mass is 9.75. The van der Waals surface area contributed by atoms with Gasteiger partial charge in [0.15, 0.2) is 0 Å². The minimum absolute atomic E-state index is 0.127. The van der Waals surface area contributed by atoms with Gasteiger partial charge in [-0.05, 0) is 70.4 Å². The lowest BCUT2D eigenvalue weighted by molar-refractivity contribution is -0.108. The fourth-order valence-corrected chi connectivity index (χ4v) is 4.32. The number of ether oxygens (including phenoxy) is 2. The van der Waals surface area contributed by atoms with Crippen LogP contribution in [0, 0.1) is 5.92 Å². The van der Waals surface area contributed by atoms with Gasteiger partial charge in [0.2, 0.25) is 6.29 Å². The van der Waals surface area contributed by atoms with E-state index in [1.165, 1.54) is 22.3 Å². The molecule has 0 spiro atoms. The summed E-state index contributed by atoms with van der Waals surface area (Å²) in [5.74, 6) is 1.74. The molecule has 0 fully saturated rings. The third kappa shape index (κ3) is 7.88. The molecule has 2 unspecified atom stereocenters. The lowest BCUT2D eigenvalue weighted by Crippen LogP contribution is -2.27. The first-order valence-corrected chi connectivity index (χ1v) is 12.9. The summed E-state index contributed by atoms with van der Waals surface area (Å²) < 4.78 is 12.5. The molecule has 0 radical (unpaired) electrons. The normalized spacial score (nSPS) is 14.4. The van der Waals surface area contributed by atoms with Crippen molar-refractivity contribution in [2.24, 2.45) is 5.92 Å². The molecule has 2 aromatic rings. The Morgan fingerprint density at radius 3 is 1.79 bits per heavy atom. The molecule has 0 bridgehead atoms. The van der Waals surface area contributed by atoms with Crippen LogP contribution < -0.4 is 4.74 Å². The fourth-order valence-electron chi connectivity index (χ4n) is 4.32. The van der Waals surface area contributed by atoms with Gasteiger partial charge < -0.3 is 9.47 Å². The van der Waals surface area contributed by atoms with Crippen LogP contribution in [0.1, 0.15) is 110 Å². The van der Waals surface area contributed by atoms with E-state index < -0.39 is 0 Å². The first-order chi connectivity index (χ1) is 15.3. The van der Waals surface area contributed by atoms with Crippen molar-refractivity contribution in [3.63, 3.8) is 0 Å². The third-order valence-electron chi connectivity index (χ3n) is 6.50. The highest BCUT2D eigenvalue weighted by Crippen LogP contribution is 2.34. The van der Waals surface area contributed by atoms with Crippen molar-refractivity contribution in [1.29, 1.82) is 0 Å². The molecule has 33 heavy (non-hydrogen) atoms. The van der Waals surface area contributed by atoms with Crippen molar-refractivity contribution < 1.29 is 9.47 Å². The Morgan fingerprint density at radius 1 is 0.788 bits per heavy atom. The summed E-state index contributed by atoms with van der Waals surface area (Å²) in [4.78, 5) is 0. The largest absolute Gasteiger partial charge is 0.465 e. The maximum absolute atomic E-state index is 6.26. The van der Waals surface area contributed by atoms with E-state index in [-0.39, 0.29) is 23.0 Å². The van der Waals surface area contributed by atoms with Crippen LogP contribution in [-0.2, 0) is 22.0 Å². The van der Waals surface area contributed by atoms with Gasteiger partial charge in [0.25, 0.3) is 0 Å². The van der Waals surface area contributed by atoms with Gasteiger partial charge in [-0.25, -0.2) is 0 Å². The molecule has 0 saturated carbocycles. The SMILES string of the molecule is CCC(C)c1ccc(OC(OCCCc2c(C(C)(C)C)cccc2C(C)(C)C)C(C)C)cc1. The number of rotatable bonds is 10. The minimum atomic E-state index is -0.237. The minimum Gasteiger partial charge on any atom is -0.465 e. The summed E-state index contributed by atoms with van der Waals surface area (Å²) in [5, 5.41) is 0. The molecule has 0 amide bonds. The standard InChI is InChI=1S/C31H48O2/c1-11-23(4)24-17-19-25(20-18-24)33-29(22(2)3)32-21-13-14-26-27(30(5,6)7)15-12-16-28(26)31(8,9)10/h12,15-20,22-23,29H,11,13-14,21H2,1-10H3. The van der Waals surface area contributed by atoms with Crippen molar-refractivity contribution in [2.75, 3.05) is 6.61 Å². The molecule has 2 nitrogen and oxygen atoms in total. The lowest BCUT2D eigenvalue weighted by Gasteiger charge is -2.30. The zero-order valence-electron chi connectivity index (χ0n) is 22.9. The van der Waals surface area contributed by atoms with Crippen LogP contribution in [0.4, 0.5) is 0 Å². The smallest absolute Gasteiger partial charge is 0.202 e. The highest BCUT2D eigenvalue weighted by atomic mass is 16.7. The molecule has 0 aliphatic carbocycles. The van der Waals surface area contributed by atoms with Gasteiger partial charge in [0.1, 0.15) is 5.75 Å². The Hall–Kier alpha value is -1.80. The van der Waals surface area contributed by atoms with Crippen LogP contribution in [0.5, 0.6) is 5.75 Å². The predicted molar refractivity (Wildman–Crippen MR) is 143 cm³/mol. The Kier molecular flexibility index (Phi) is 9.61. The molecular weight excluding hydrogens is 404 g/mol. The quantitative estimate of drug-likeness (QED) is 0.265. The first kappa shape index (κ1) is 27.4. The summed E-state index contributed by atoms with van der Waals surface area (Å²) in [7, 11) is 0. The molecule has 2 aromatic carbocycles. The van der Waals surface area contributed by atoms with Gasteiger partial charge in [-0.3, -0.25) is 0 Å². The van der Waals surface area contributed by atoms with E-state index in [4.69, 9.17) is 9.47 Å². The zero-order chi connectivity index (χ0) is 24.8. The predicted octanol–water partition coefficient (Wildman–Crippen LogP) is 8.81. The first-order valence-electron chi connectivity index (χ1n) is 12.9. The van der Waals surface area contributed by atoms with Crippen molar-refractivity contribution >= 4 is 0 Å². The Balaban J connectivity index is 2.05. The molecule has 0 aliphatic rings. The van der Waals surface area contributed by atoms with Crippen molar-refractivity contribution in [3.8, 4) is 5.75 Å². The second kappa shape index (κ2) is 11.6. The average molecular weight is 453 g/mol. The molecule has 2 rings (SSSR count). The molecule has 2 atom stereocenters. The highest BCUT2D eigenvalue weighted by molar-refractivity contribution is 5.42. The van der Waals surface area contributed by atoms with E-state index in [0.717, 1.165) is 25.0 Å². The molecule has 0 aliphatic heterocycles. The van der Waals surface area contributed by atoms with Gasteiger partial charge >= 0.3 is 0 Å². The topological polar surface area (TPSA) is 18.5 Å². The van der Waals surface area contributed by atoms with Gasteiger partial charge in [0, 0.05) is 5.92 Å². The molecular formula is C31H48O2. The van der Waals surface area contributed by atoms with E-state index in [1.54, 1.807) is 0 Å². The molecule has 0 N–H and O–H groups in total. The summed E-state index contributed by atoms with van der Waals surface area (Å²) in [6.45, 7) is 23.3. The third-order valence-corrected chi connectivity index (χ3v) is 6.50. The molecule has 184 valence electrons. The molecule has 0 aromatic heterocycles. The van der Waals surface area contributed by atoms with Gasteiger partial charge in [0.05, 0.1) is 6.61 Å². The van der Waals surface area contributed by atoms with Crippen LogP contribution in [-0.4, -0.2) is 12.9 Å². The summed E-state index contributed by atoms with van der Waals surface area (Å²) in [5.41, 5.74) is 6.01. The average Bonchev–Trinajstić information content (AvgIpc) is 2.74. The van der Waals surface area contributed by atoms with Crippen molar-refractivity contribution in [3.05, 3.63) is 64.7 Å². The van der Waals surface area contributed by atoms with Crippen LogP contribution in [0.15, 0.2) is 42.5 Å². The fraction of sp³-hybridized carbons (Fsp3) is 0.613. The summed E-state index contributed by atoms with van der Waals surface area (Å²) >= 11 is 0. The van der Waals surface area contributed by atoms with E-state index in [9.17, 15) is 0 Å². The monoisotopic (exact) mass is 452 g/mol. The number of benzene rings is 2. The van der Waals surface area contributed by atoms with Gasteiger partial charge in [-0.2, -0.15) is 0 Å². The van der Waals surface area contributed by atoms with E-state index >= 15 is 0 Å². The molecule has 0 heterocycles. The van der Waals surface area contributed by atoms with Gasteiger partial charge in [-0.1, -0.05) is 99.6 Å². The van der Waals surface area contributed by atoms with E-state index in [2.05, 4.69) is 112 Å². The van der Waals surface area contributed by atoms with Crippen LogP contribution in [0.2, 0.25) is 0 Å². The summed E-state index contributed by atoms with van der Waals surface area (Å²) in [6.07, 6.45) is 2.91. The van der Waals surface area contributed by atoms with Crippen molar-refractivity contribution in [2.45, 2.75) is 112 Å². The van der Waals surface area contributed by atoms with E-state index in [0.29, 0.717) is 12.5 Å². The molecule has 0 saturated heterocycles. The Morgan fingerprint density at radius 2 is 1.33 bits per heavy atom. The highest BCUT2D eigenvalue weighted by Gasteiger charge is 2.25. The maximum Gasteiger partial charge on any atom is 0.202 e. The van der Waals surface area contributed by atoms with Crippen LogP contribution in [0.25, 0.3) is 0 Å². The summed E-state index contributed by atoms with van der Waals surface area (Å²) in [6, 6.07) is 15.3. The van der Waals surface area contributed by atoms with Crippen molar-refractivity contribution in [1.82, 2.24) is 0 Å². The van der Waals surface area contributed by atoms with E-state index in [1.807, 2.05) is 0 Å². The van der Waals surface area contributed by atoms with Gasteiger partial charge in [-0.15, -0.1) is 0 Å². The number of hydrogen-bond acceptors (Lipinski definition) is 2. The Bertz CT molecular complexity index is 818. The maximum atomic E-state index is 6.26. The van der Waals surface area contributed by atoms with Crippen LogP contribution >= 0.6 is 0 Å². The second-order valence-corrected chi connectivity index (χ2v) is 11.9. The van der Waals surface area contributed by atoms with Crippen LogP contribution in [0.3, 0.4) is 0 Å². The number of hydrogen-bond donors (Lipinski definition) is 0. The Labute approximate surface area is 204 Å². The zero-order valence-corrected chi connectivity index (χ0v) is 22.9. The molecule has 2 heteroatoms. The second-order valence-electron chi connectivity index (χ2n) is 11.9.